The summed E-state index contributed by atoms with van der Waals surface area (Å²) in [7, 11) is -3.54. The molecule has 5 nitrogen and oxygen atoms in total. The van der Waals surface area contributed by atoms with Crippen molar-refractivity contribution in [2.75, 3.05) is 12.8 Å². The molecule has 1 saturated heterocycles. The van der Waals surface area contributed by atoms with Gasteiger partial charge in [-0.2, -0.15) is 8.78 Å². The molecule has 0 aromatic heterocycles. The highest BCUT2D eigenvalue weighted by molar-refractivity contribution is 7.88. The Balaban J connectivity index is 1.81. The van der Waals surface area contributed by atoms with Crippen molar-refractivity contribution in [3.63, 3.8) is 0 Å². The van der Waals surface area contributed by atoms with E-state index < -0.39 is 40.4 Å². The van der Waals surface area contributed by atoms with Crippen molar-refractivity contribution in [1.29, 1.82) is 0 Å². The minimum atomic E-state index is -3.54. The molecule has 2 heterocycles. The molecule has 2 unspecified atom stereocenters. The van der Waals surface area contributed by atoms with Gasteiger partial charge in [0.2, 0.25) is 10.0 Å². The largest absolute Gasteiger partial charge is 0.332 e. The third kappa shape index (κ3) is 4.11. The summed E-state index contributed by atoms with van der Waals surface area (Å²) in [5.74, 6) is -4.71. The van der Waals surface area contributed by atoms with Crippen LogP contribution in [-0.2, 0) is 27.7 Å². The molecule has 8 heteroatoms. The lowest BCUT2D eigenvalue weighted by molar-refractivity contribution is -0.159. The fraction of sp³-hybridized carbons (Fsp3) is 0.409. The average Bonchev–Trinajstić information content (AvgIpc) is 3.07. The predicted molar refractivity (Wildman–Crippen MR) is 111 cm³/mol. The summed E-state index contributed by atoms with van der Waals surface area (Å²) >= 11 is 0. The third-order valence-electron chi connectivity index (χ3n) is 5.96. The maximum absolute atomic E-state index is 14.8. The van der Waals surface area contributed by atoms with Crippen molar-refractivity contribution in [3.8, 4) is 11.1 Å². The quantitative estimate of drug-likeness (QED) is 0.808. The maximum atomic E-state index is 14.8. The summed E-state index contributed by atoms with van der Waals surface area (Å²) in [4.78, 5) is 13.8. The summed E-state index contributed by atoms with van der Waals surface area (Å²) in [5, 5.41) is 0. The molecular weight excluding hydrogens is 410 g/mol. The normalized spacial score (nSPS) is 23.8. The summed E-state index contributed by atoms with van der Waals surface area (Å²) in [6.07, 6.45) is 1.18. The molecule has 1 amide bonds. The van der Waals surface area contributed by atoms with Gasteiger partial charge in [-0.3, -0.25) is 4.79 Å². The number of carbonyl (C=O) groups is 1. The van der Waals surface area contributed by atoms with Crippen LogP contribution in [0.15, 0.2) is 48.5 Å². The number of carbonyl (C=O) groups excluding carboxylic acids is 1. The zero-order valence-corrected chi connectivity index (χ0v) is 17.5. The van der Waals surface area contributed by atoms with Gasteiger partial charge in [0.1, 0.15) is 0 Å². The van der Waals surface area contributed by atoms with Crippen molar-refractivity contribution in [2.45, 2.75) is 43.7 Å². The lowest BCUT2D eigenvalue weighted by Crippen LogP contribution is -2.51. The standard InChI is InChI=1S/C22H24F2N2O3S/c1-30(28,29)25-19-11-13-26-20(19)14-16-8-5-9-17(15-6-3-2-4-7-15)18(16)10-12-22(23,24)21(26)27/h2-9,19-20,25H,10-14H2,1H3. The van der Waals surface area contributed by atoms with Crippen LogP contribution < -0.4 is 4.72 Å². The van der Waals surface area contributed by atoms with Gasteiger partial charge in [-0.25, -0.2) is 13.1 Å². The van der Waals surface area contributed by atoms with Gasteiger partial charge in [-0.05, 0) is 41.5 Å². The number of fused-ring (bicyclic) bond motifs is 2. The van der Waals surface area contributed by atoms with Crippen LogP contribution in [0.3, 0.4) is 0 Å². The highest BCUT2D eigenvalue weighted by Gasteiger charge is 2.49. The Kier molecular flexibility index (Phi) is 5.40. The van der Waals surface area contributed by atoms with Gasteiger partial charge < -0.3 is 4.90 Å². The van der Waals surface area contributed by atoms with Crippen LogP contribution in [0, 0.1) is 0 Å². The van der Waals surface area contributed by atoms with Crippen LogP contribution in [0.4, 0.5) is 8.78 Å². The smallest absolute Gasteiger partial charge is 0.325 e. The van der Waals surface area contributed by atoms with Crippen molar-refractivity contribution < 1.29 is 22.0 Å². The van der Waals surface area contributed by atoms with E-state index in [4.69, 9.17) is 0 Å². The van der Waals surface area contributed by atoms with Gasteiger partial charge >= 0.3 is 5.92 Å². The number of sulfonamides is 1. The molecule has 0 bridgehead atoms. The van der Waals surface area contributed by atoms with Crippen LogP contribution in [0.5, 0.6) is 0 Å². The predicted octanol–water partition coefficient (Wildman–Crippen LogP) is 3.00. The molecular formula is C22H24F2N2O3S. The van der Waals surface area contributed by atoms with E-state index in [1.54, 1.807) is 0 Å². The maximum Gasteiger partial charge on any atom is 0.325 e. The highest BCUT2D eigenvalue weighted by atomic mass is 32.2. The van der Waals surface area contributed by atoms with E-state index in [0.29, 0.717) is 12.8 Å². The molecule has 30 heavy (non-hydrogen) atoms. The van der Waals surface area contributed by atoms with E-state index in [2.05, 4.69) is 4.72 Å². The Labute approximate surface area is 175 Å². The molecule has 0 spiro atoms. The number of halogens is 2. The lowest BCUT2D eigenvalue weighted by atomic mass is 9.88. The minimum absolute atomic E-state index is 0.0733. The topological polar surface area (TPSA) is 66.5 Å². The second-order valence-corrected chi connectivity index (χ2v) is 9.85. The fourth-order valence-electron chi connectivity index (χ4n) is 4.60. The first-order valence-corrected chi connectivity index (χ1v) is 11.9. The number of amides is 1. The Morgan fingerprint density at radius 3 is 2.53 bits per heavy atom. The van der Waals surface area contributed by atoms with Gasteiger partial charge in [0.15, 0.2) is 0 Å². The number of alkyl halides is 2. The molecule has 2 atom stereocenters. The van der Waals surface area contributed by atoms with Gasteiger partial charge in [0.25, 0.3) is 5.91 Å². The van der Waals surface area contributed by atoms with Crippen molar-refractivity contribution in [2.24, 2.45) is 0 Å². The second kappa shape index (κ2) is 7.74. The summed E-state index contributed by atoms with van der Waals surface area (Å²) in [5.41, 5.74) is 3.47. The highest BCUT2D eigenvalue weighted by Crippen LogP contribution is 2.36. The van der Waals surface area contributed by atoms with Crippen LogP contribution >= 0.6 is 0 Å². The first-order valence-electron chi connectivity index (χ1n) is 9.98. The SMILES string of the molecule is CS(=O)(=O)NC1CCN2C(=O)C(F)(F)CCc3c(cccc3-c3ccccc3)CC12. The van der Waals surface area contributed by atoms with Crippen LogP contribution in [-0.4, -0.2) is 50.0 Å². The number of nitrogens with zero attached hydrogens (tertiary/aromatic N) is 1. The van der Waals surface area contributed by atoms with E-state index in [0.717, 1.165) is 28.5 Å². The molecule has 1 fully saturated rings. The molecule has 0 aliphatic carbocycles. The zero-order chi connectivity index (χ0) is 21.5. The Hall–Kier alpha value is -2.32. The molecule has 0 radical (unpaired) electrons. The third-order valence-corrected chi connectivity index (χ3v) is 6.69. The molecule has 0 saturated carbocycles. The molecule has 2 aromatic carbocycles. The molecule has 2 aliphatic heterocycles. The number of hydrogen-bond acceptors (Lipinski definition) is 3. The summed E-state index contributed by atoms with van der Waals surface area (Å²) in [6, 6.07) is 14.0. The summed E-state index contributed by atoms with van der Waals surface area (Å²) in [6.45, 7) is 0.111. The van der Waals surface area contributed by atoms with E-state index in [1.165, 1.54) is 4.90 Å². The summed E-state index contributed by atoms with van der Waals surface area (Å²) < 4.78 is 55.8. The van der Waals surface area contributed by atoms with E-state index in [9.17, 15) is 22.0 Å². The van der Waals surface area contributed by atoms with Crippen LogP contribution in [0.2, 0.25) is 0 Å². The van der Waals surface area contributed by atoms with E-state index in [-0.39, 0.29) is 13.0 Å². The fourth-order valence-corrected chi connectivity index (χ4v) is 5.43. The molecule has 1 N–H and O–H groups in total. The first kappa shape index (κ1) is 20.9. The number of nitrogens with one attached hydrogen (secondary N) is 1. The molecule has 2 aliphatic rings. The Morgan fingerprint density at radius 2 is 1.83 bits per heavy atom. The van der Waals surface area contributed by atoms with Crippen LogP contribution in [0.25, 0.3) is 11.1 Å². The number of hydrogen-bond donors (Lipinski definition) is 1. The van der Waals surface area contributed by atoms with E-state index >= 15 is 0 Å². The first-order chi connectivity index (χ1) is 14.2. The van der Waals surface area contributed by atoms with Gasteiger partial charge in [-0.15, -0.1) is 0 Å². The van der Waals surface area contributed by atoms with E-state index in [1.807, 2.05) is 48.5 Å². The minimum Gasteiger partial charge on any atom is -0.332 e. The molecule has 2 aromatic rings. The number of rotatable bonds is 3. The Bertz CT molecular complexity index is 1060. The van der Waals surface area contributed by atoms with Crippen LogP contribution in [0.1, 0.15) is 24.0 Å². The second-order valence-electron chi connectivity index (χ2n) is 8.07. The van der Waals surface area contributed by atoms with Gasteiger partial charge in [0.05, 0.1) is 12.3 Å². The van der Waals surface area contributed by atoms with Gasteiger partial charge in [-0.1, -0.05) is 48.5 Å². The molecule has 160 valence electrons. The molecule has 4 rings (SSSR count). The van der Waals surface area contributed by atoms with Gasteiger partial charge in [0, 0.05) is 19.0 Å². The zero-order valence-electron chi connectivity index (χ0n) is 16.6. The van der Waals surface area contributed by atoms with Crippen molar-refractivity contribution in [1.82, 2.24) is 9.62 Å². The average molecular weight is 435 g/mol. The van der Waals surface area contributed by atoms with Crippen molar-refractivity contribution in [3.05, 3.63) is 59.7 Å². The number of benzene rings is 2. The lowest BCUT2D eigenvalue weighted by Gasteiger charge is -2.30. The van der Waals surface area contributed by atoms with Crippen molar-refractivity contribution >= 4 is 15.9 Å². The monoisotopic (exact) mass is 434 g/mol. The Morgan fingerprint density at radius 1 is 1.10 bits per heavy atom.